The van der Waals surface area contributed by atoms with Gasteiger partial charge in [0, 0.05) is 0 Å². The van der Waals surface area contributed by atoms with Gasteiger partial charge >= 0.3 is 5.97 Å². The molecule has 0 aliphatic heterocycles. The highest BCUT2D eigenvalue weighted by atomic mass is 16.6. The molecule has 0 heterocycles. The first-order valence-electron chi connectivity index (χ1n) is 6.69. The van der Waals surface area contributed by atoms with Gasteiger partial charge in [-0.2, -0.15) is 0 Å². The number of allylic oxidation sites excluding steroid dienone is 1. The third-order valence-electron chi connectivity index (χ3n) is 2.75. The Bertz CT molecular complexity index is 465. The summed E-state index contributed by atoms with van der Waals surface area (Å²) in [6.45, 7) is 2.48. The maximum absolute atomic E-state index is 11.7. The topological polar surface area (TPSA) is 69.4 Å². The van der Waals surface area contributed by atoms with E-state index in [0.717, 1.165) is 24.6 Å². The van der Waals surface area contributed by atoms with Gasteiger partial charge in [-0.05, 0) is 43.0 Å². The quantitative estimate of drug-likeness (QED) is 0.316. The normalized spacial score (nSPS) is 10.7. The average molecular weight is 277 g/mol. The fraction of sp³-hybridized carbons (Fsp3) is 0.400. The van der Waals surface area contributed by atoms with Gasteiger partial charge in [0.15, 0.2) is 0 Å². The molecule has 20 heavy (non-hydrogen) atoms. The van der Waals surface area contributed by atoms with Crippen LogP contribution in [0.15, 0.2) is 36.5 Å². The van der Waals surface area contributed by atoms with E-state index in [4.69, 9.17) is 4.74 Å². The summed E-state index contributed by atoms with van der Waals surface area (Å²) in [6.07, 6.45) is 5.62. The molecule has 0 spiro atoms. The van der Waals surface area contributed by atoms with Crippen molar-refractivity contribution in [1.29, 1.82) is 0 Å². The summed E-state index contributed by atoms with van der Waals surface area (Å²) in [5.41, 5.74) is 1.56. The molecular formula is C15H19NO4. The second-order valence-electron chi connectivity index (χ2n) is 4.40. The van der Waals surface area contributed by atoms with Crippen LogP contribution in [0.3, 0.4) is 0 Å². The molecule has 0 bridgehead atoms. The van der Waals surface area contributed by atoms with Gasteiger partial charge in [-0.1, -0.05) is 25.5 Å². The number of aryl methyl sites for hydroxylation is 1. The van der Waals surface area contributed by atoms with Crippen molar-refractivity contribution in [3.05, 3.63) is 57.8 Å². The van der Waals surface area contributed by atoms with Crippen LogP contribution in [-0.2, 0) is 11.2 Å². The largest absolute Gasteiger partial charge is 0.462 e. The number of ether oxygens (including phenoxy) is 1. The number of benzene rings is 1. The average Bonchev–Trinajstić information content (AvgIpc) is 2.44. The molecule has 108 valence electrons. The third-order valence-corrected chi connectivity index (χ3v) is 2.75. The van der Waals surface area contributed by atoms with E-state index in [-0.39, 0.29) is 5.97 Å². The van der Waals surface area contributed by atoms with E-state index in [1.165, 1.54) is 6.08 Å². The van der Waals surface area contributed by atoms with E-state index in [9.17, 15) is 14.9 Å². The molecule has 0 aliphatic carbocycles. The Kier molecular flexibility index (Phi) is 7.03. The summed E-state index contributed by atoms with van der Waals surface area (Å²) in [7, 11) is 0. The molecule has 1 aromatic carbocycles. The van der Waals surface area contributed by atoms with E-state index in [2.05, 4.69) is 0 Å². The van der Waals surface area contributed by atoms with Crippen molar-refractivity contribution < 1.29 is 14.5 Å². The number of esters is 1. The van der Waals surface area contributed by atoms with Gasteiger partial charge in [-0.3, -0.25) is 10.1 Å². The molecule has 0 atom stereocenters. The van der Waals surface area contributed by atoms with Crippen LogP contribution >= 0.6 is 0 Å². The van der Waals surface area contributed by atoms with E-state index in [0.29, 0.717) is 25.0 Å². The zero-order valence-electron chi connectivity index (χ0n) is 11.6. The Morgan fingerprint density at radius 3 is 2.65 bits per heavy atom. The summed E-state index contributed by atoms with van der Waals surface area (Å²) >= 11 is 0. The highest BCUT2D eigenvalue weighted by Gasteiger charge is 2.06. The number of carbonyl (C=O) groups excluding carboxylic acids is 1. The predicted octanol–water partition coefficient (Wildman–Crippen LogP) is 3.37. The first-order chi connectivity index (χ1) is 9.63. The first-order valence-corrected chi connectivity index (χ1v) is 6.69. The van der Waals surface area contributed by atoms with Gasteiger partial charge in [0.2, 0.25) is 6.20 Å². The molecule has 0 radical (unpaired) electrons. The summed E-state index contributed by atoms with van der Waals surface area (Å²) in [5, 5.41) is 10.1. The maximum Gasteiger partial charge on any atom is 0.338 e. The van der Waals surface area contributed by atoms with Gasteiger partial charge in [0.25, 0.3) is 0 Å². The molecule has 0 saturated carbocycles. The lowest BCUT2D eigenvalue weighted by molar-refractivity contribution is -0.402. The molecule has 5 nitrogen and oxygen atoms in total. The lowest BCUT2D eigenvalue weighted by Gasteiger charge is -2.04. The first kappa shape index (κ1) is 15.9. The van der Waals surface area contributed by atoms with Crippen molar-refractivity contribution in [1.82, 2.24) is 0 Å². The highest BCUT2D eigenvalue weighted by molar-refractivity contribution is 5.89. The molecule has 5 heteroatoms. The second-order valence-corrected chi connectivity index (χ2v) is 4.40. The highest BCUT2D eigenvalue weighted by Crippen LogP contribution is 2.09. The van der Waals surface area contributed by atoms with Gasteiger partial charge in [-0.25, -0.2) is 4.79 Å². The van der Waals surface area contributed by atoms with Crippen LogP contribution in [-0.4, -0.2) is 17.5 Å². The minimum Gasteiger partial charge on any atom is -0.462 e. The van der Waals surface area contributed by atoms with E-state index in [1.807, 2.05) is 19.1 Å². The van der Waals surface area contributed by atoms with Crippen molar-refractivity contribution in [2.24, 2.45) is 0 Å². The van der Waals surface area contributed by atoms with Crippen molar-refractivity contribution in [3.8, 4) is 0 Å². The molecule has 0 unspecified atom stereocenters. The number of unbranched alkanes of at least 4 members (excludes halogenated alkanes) is 1. The van der Waals surface area contributed by atoms with Crippen LogP contribution in [0.5, 0.6) is 0 Å². The van der Waals surface area contributed by atoms with Crippen molar-refractivity contribution in [2.45, 2.75) is 32.6 Å². The van der Waals surface area contributed by atoms with Gasteiger partial charge in [-0.15, -0.1) is 0 Å². The minimum atomic E-state index is -0.477. The number of hydrogen-bond acceptors (Lipinski definition) is 4. The lowest BCUT2D eigenvalue weighted by Crippen LogP contribution is -2.06. The van der Waals surface area contributed by atoms with Crippen molar-refractivity contribution in [2.75, 3.05) is 6.61 Å². The van der Waals surface area contributed by atoms with Crippen molar-refractivity contribution in [3.63, 3.8) is 0 Å². The molecule has 0 N–H and O–H groups in total. The Morgan fingerprint density at radius 1 is 1.35 bits per heavy atom. The number of rotatable bonds is 8. The summed E-state index contributed by atoms with van der Waals surface area (Å²) in [4.78, 5) is 21.3. The summed E-state index contributed by atoms with van der Waals surface area (Å²) < 4.78 is 5.11. The van der Waals surface area contributed by atoms with Crippen LogP contribution < -0.4 is 0 Å². The number of nitrogens with zero attached hydrogens (tertiary/aromatic N) is 1. The number of nitro groups is 1. The van der Waals surface area contributed by atoms with Crippen LogP contribution in [0.25, 0.3) is 0 Å². The third kappa shape index (κ3) is 6.13. The lowest BCUT2D eigenvalue weighted by atomic mass is 10.1. The molecule has 1 aromatic rings. The molecule has 1 rings (SSSR count). The SMILES string of the molecule is CCCCOC(=O)c1ccc(CCC=C[N+](=O)[O-])cc1. The van der Waals surface area contributed by atoms with Crippen LogP contribution in [0, 0.1) is 10.1 Å². The summed E-state index contributed by atoms with van der Waals surface area (Å²) in [5.74, 6) is -0.307. The Balaban J connectivity index is 2.43. The van der Waals surface area contributed by atoms with Gasteiger partial charge < -0.3 is 4.74 Å². The van der Waals surface area contributed by atoms with Gasteiger partial charge in [0.05, 0.1) is 17.1 Å². The fourth-order valence-corrected chi connectivity index (χ4v) is 1.61. The standard InChI is InChI=1S/C15H19NO4/c1-2-3-12-20-15(17)14-9-7-13(8-10-14)6-4-5-11-16(18)19/h5,7-11H,2-4,6,12H2,1H3. The molecule has 0 saturated heterocycles. The zero-order chi connectivity index (χ0) is 14.8. The van der Waals surface area contributed by atoms with Gasteiger partial charge in [0.1, 0.15) is 0 Å². The van der Waals surface area contributed by atoms with Crippen LogP contribution in [0.2, 0.25) is 0 Å². The molecule has 0 aromatic heterocycles. The summed E-state index contributed by atoms with van der Waals surface area (Å²) in [6, 6.07) is 7.13. The van der Waals surface area contributed by atoms with E-state index < -0.39 is 4.92 Å². The second kappa shape index (κ2) is 8.85. The van der Waals surface area contributed by atoms with Crippen LogP contribution in [0.4, 0.5) is 0 Å². The molecule has 0 amide bonds. The number of carbonyl (C=O) groups is 1. The smallest absolute Gasteiger partial charge is 0.338 e. The minimum absolute atomic E-state index is 0.307. The predicted molar refractivity (Wildman–Crippen MR) is 76.1 cm³/mol. The Labute approximate surface area is 118 Å². The Hall–Kier alpha value is -2.17. The fourth-order valence-electron chi connectivity index (χ4n) is 1.61. The van der Waals surface area contributed by atoms with Crippen LogP contribution in [0.1, 0.15) is 42.1 Å². The zero-order valence-corrected chi connectivity index (χ0v) is 11.6. The Morgan fingerprint density at radius 2 is 2.05 bits per heavy atom. The maximum atomic E-state index is 11.7. The molecular weight excluding hydrogens is 258 g/mol. The number of hydrogen-bond donors (Lipinski definition) is 0. The monoisotopic (exact) mass is 277 g/mol. The van der Waals surface area contributed by atoms with E-state index in [1.54, 1.807) is 12.1 Å². The molecule has 0 fully saturated rings. The van der Waals surface area contributed by atoms with E-state index >= 15 is 0 Å². The van der Waals surface area contributed by atoms with Crippen molar-refractivity contribution >= 4 is 5.97 Å². The molecule has 0 aliphatic rings.